The highest BCUT2D eigenvalue weighted by molar-refractivity contribution is 5.76. The number of nitrogens with zero attached hydrogens (tertiary/aromatic N) is 5. The fraction of sp³-hybridized carbons (Fsp3) is 0.625. The van der Waals surface area contributed by atoms with Crippen molar-refractivity contribution in [2.45, 2.75) is 45.6 Å². The van der Waals surface area contributed by atoms with Crippen LogP contribution in [-0.2, 0) is 24.2 Å². The van der Waals surface area contributed by atoms with Gasteiger partial charge in [0, 0.05) is 24.3 Å². The van der Waals surface area contributed by atoms with Crippen LogP contribution in [0.4, 0.5) is 0 Å². The molecule has 4 rings (SSSR count). The Morgan fingerprint density at radius 1 is 1.30 bits per heavy atom. The normalized spacial score (nSPS) is 18.6. The SMILES string of the molecule is CC1CCN(C(=O)Cn2c3c(c(=O)n4ncnc24)CCC3)CC1. The molecular formula is C16H21N5O2. The molecule has 0 spiro atoms. The Labute approximate surface area is 133 Å². The van der Waals surface area contributed by atoms with Crippen LogP contribution >= 0.6 is 0 Å². The zero-order chi connectivity index (χ0) is 16.0. The van der Waals surface area contributed by atoms with Gasteiger partial charge in [0.1, 0.15) is 12.9 Å². The number of carbonyl (C=O) groups is 1. The predicted octanol–water partition coefficient (Wildman–Crippen LogP) is 0.638. The first-order valence-electron chi connectivity index (χ1n) is 8.37. The molecule has 1 saturated heterocycles. The van der Waals surface area contributed by atoms with Gasteiger partial charge in [-0.1, -0.05) is 6.92 Å². The number of amides is 1. The van der Waals surface area contributed by atoms with Gasteiger partial charge in [0.15, 0.2) is 0 Å². The Hall–Kier alpha value is -2.18. The molecule has 0 radical (unpaired) electrons. The van der Waals surface area contributed by atoms with Crippen LogP contribution in [-0.4, -0.2) is 43.1 Å². The number of aromatic nitrogens is 4. The van der Waals surface area contributed by atoms with Gasteiger partial charge in [0.25, 0.3) is 5.56 Å². The Bertz CT molecular complexity index is 814. The summed E-state index contributed by atoms with van der Waals surface area (Å²) in [6, 6.07) is 0. The largest absolute Gasteiger partial charge is 0.341 e. The van der Waals surface area contributed by atoms with Crippen LogP contribution in [0.1, 0.15) is 37.4 Å². The first-order chi connectivity index (χ1) is 11.1. The quantitative estimate of drug-likeness (QED) is 0.815. The topological polar surface area (TPSA) is 72.5 Å². The summed E-state index contributed by atoms with van der Waals surface area (Å²) in [4.78, 5) is 31.3. The lowest BCUT2D eigenvalue weighted by atomic mass is 9.99. The van der Waals surface area contributed by atoms with E-state index >= 15 is 0 Å². The van der Waals surface area contributed by atoms with Crippen molar-refractivity contribution in [3.8, 4) is 0 Å². The lowest BCUT2D eigenvalue weighted by Gasteiger charge is -2.30. The number of piperidine rings is 1. The van der Waals surface area contributed by atoms with Gasteiger partial charge in [-0.25, -0.2) is 0 Å². The van der Waals surface area contributed by atoms with E-state index in [1.807, 2.05) is 9.47 Å². The van der Waals surface area contributed by atoms with E-state index in [-0.39, 0.29) is 18.0 Å². The molecule has 1 amide bonds. The molecule has 1 aliphatic heterocycles. The molecule has 1 aliphatic carbocycles. The van der Waals surface area contributed by atoms with Gasteiger partial charge in [-0.05, 0) is 38.0 Å². The first kappa shape index (κ1) is 14.4. The average molecular weight is 315 g/mol. The highest BCUT2D eigenvalue weighted by atomic mass is 16.2. The highest BCUT2D eigenvalue weighted by Gasteiger charge is 2.26. The molecule has 2 aliphatic rings. The number of likely N-dealkylation sites (tertiary alicyclic amines) is 1. The van der Waals surface area contributed by atoms with E-state index in [0.29, 0.717) is 11.7 Å². The van der Waals surface area contributed by atoms with Crippen LogP contribution in [0.5, 0.6) is 0 Å². The van der Waals surface area contributed by atoms with E-state index in [2.05, 4.69) is 17.0 Å². The molecule has 2 aromatic rings. The molecule has 3 heterocycles. The molecule has 23 heavy (non-hydrogen) atoms. The summed E-state index contributed by atoms with van der Waals surface area (Å²) in [7, 11) is 0. The number of hydrogen-bond acceptors (Lipinski definition) is 4. The zero-order valence-electron chi connectivity index (χ0n) is 13.4. The summed E-state index contributed by atoms with van der Waals surface area (Å²) in [6.07, 6.45) is 6.06. The Morgan fingerprint density at radius 2 is 2.09 bits per heavy atom. The van der Waals surface area contributed by atoms with E-state index in [4.69, 9.17) is 0 Å². The molecular weight excluding hydrogens is 294 g/mol. The van der Waals surface area contributed by atoms with Crippen molar-refractivity contribution in [1.82, 2.24) is 24.1 Å². The number of carbonyl (C=O) groups excluding carboxylic acids is 1. The lowest BCUT2D eigenvalue weighted by Crippen LogP contribution is -2.40. The Morgan fingerprint density at radius 3 is 2.87 bits per heavy atom. The zero-order valence-corrected chi connectivity index (χ0v) is 13.4. The molecule has 122 valence electrons. The standard InChI is InChI=1S/C16H21N5O2/c1-11-5-7-19(8-6-11)14(22)9-20-13-4-2-3-12(13)15(23)21-16(20)17-10-18-21/h10-11H,2-9H2,1H3. The predicted molar refractivity (Wildman–Crippen MR) is 84.3 cm³/mol. The molecule has 7 nitrogen and oxygen atoms in total. The van der Waals surface area contributed by atoms with Crippen molar-refractivity contribution < 1.29 is 4.79 Å². The fourth-order valence-corrected chi connectivity index (χ4v) is 3.73. The third-order valence-electron chi connectivity index (χ3n) is 5.17. The van der Waals surface area contributed by atoms with Gasteiger partial charge in [-0.3, -0.25) is 9.59 Å². The summed E-state index contributed by atoms with van der Waals surface area (Å²) in [6.45, 7) is 4.13. The van der Waals surface area contributed by atoms with Crippen LogP contribution in [0, 0.1) is 5.92 Å². The van der Waals surface area contributed by atoms with E-state index < -0.39 is 0 Å². The smallest absolute Gasteiger partial charge is 0.279 e. The summed E-state index contributed by atoms with van der Waals surface area (Å²) in [5.74, 6) is 1.29. The monoisotopic (exact) mass is 315 g/mol. The molecule has 0 unspecified atom stereocenters. The summed E-state index contributed by atoms with van der Waals surface area (Å²) >= 11 is 0. The highest BCUT2D eigenvalue weighted by Crippen LogP contribution is 2.21. The van der Waals surface area contributed by atoms with E-state index in [0.717, 1.165) is 56.5 Å². The molecule has 1 fully saturated rings. The van der Waals surface area contributed by atoms with Crippen LogP contribution < -0.4 is 5.56 Å². The van der Waals surface area contributed by atoms with Crippen LogP contribution in [0.15, 0.2) is 11.1 Å². The first-order valence-corrected chi connectivity index (χ1v) is 8.37. The van der Waals surface area contributed by atoms with Gasteiger partial charge in [0.2, 0.25) is 11.7 Å². The van der Waals surface area contributed by atoms with Gasteiger partial charge >= 0.3 is 0 Å². The summed E-state index contributed by atoms with van der Waals surface area (Å²) in [5.41, 5.74) is 1.68. The fourth-order valence-electron chi connectivity index (χ4n) is 3.73. The Kier molecular flexibility index (Phi) is 3.43. The molecule has 2 aromatic heterocycles. The summed E-state index contributed by atoms with van der Waals surface area (Å²) in [5, 5.41) is 4.03. The van der Waals surface area contributed by atoms with Crippen LogP contribution in [0.2, 0.25) is 0 Å². The Balaban J connectivity index is 1.69. The van der Waals surface area contributed by atoms with E-state index in [1.54, 1.807) is 0 Å². The third-order valence-corrected chi connectivity index (χ3v) is 5.17. The maximum absolute atomic E-state index is 12.7. The molecule has 0 saturated carbocycles. The van der Waals surface area contributed by atoms with Crippen molar-refractivity contribution >= 4 is 11.7 Å². The van der Waals surface area contributed by atoms with E-state index in [9.17, 15) is 9.59 Å². The van der Waals surface area contributed by atoms with E-state index in [1.165, 1.54) is 10.8 Å². The molecule has 0 atom stereocenters. The van der Waals surface area contributed by atoms with Gasteiger partial charge in [-0.15, -0.1) is 0 Å². The molecule has 0 aromatic carbocycles. The van der Waals surface area contributed by atoms with Crippen molar-refractivity contribution in [2.75, 3.05) is 13.1 Å². The van der Waals surface area contributed by atoms with Gasteiger partial charge in [0.05, 0.1) is 0 Å². The maximum Gasteiger partial charge on any atom is 0.279 e. The maximum atomic E-state index is 12.7. The van der Waals surface area contributed by atoms with Crippen LogP contribution in [0.25, 0.3) is 5.78 Å². The summed E-state index contributed by atoms with van der Waals surface area (Å²) < 4.78 is 3.23. The van der Waals surface area contributed by atoms with Gasteiger partial charge < -0.3 is 9.47 Å². The second-order valence-electron chi connectivity index (χ2n) is 6.71. The number of rotatable bonds is 2. The minimum absolute atomic E-state index is 0.0829. The molecule has 0 N–H and O–H groups in total. The lowest BCUT2D eigenvalue weighted by molar-refractivity contribution is -0.133. The minimum atomic E-state index is -0.0829. The molecule has 7 heteroatoms. The average Bonchev–Trinajstić information content (AvgIpc) is 3.21. The van der Waals surface area contributed by atoms with Crippen molar-refractivity contribution in [1.29, 1.82) is 0 Å². The number of fused-ring (bicyclic) bond motifs is 2. The van der Waals surface area contributed by atoms with Crippen molar-refractivity contribution in [3.05, 3.63) is 27.9 Å². The molecule has 0 bridgehead atoms. The number of hydrogen-bond donors (Lipinski definition) is 0. The van der Waals surface area contributed by atoms with Crippen LogP contribution in [0.3, 0.4) is 0 Å². The third kappa shape index (κ3) is 2.34. The van der Waals surface area contributed by atoms with Gasteiger partial charge in [-0.2, -0.15) is 14.6 Å². The second-order valence-corrected chi connectivity index (χ2v) is 6.71. The second kappa shape index (κ2) is 5.47. The van der Waals surface area contributed by atoms with Crippen molar-refractivity contribution in [3.63, 3.8) is 0 Å². The minimum Gasteiger partial charge on any atom is -0.341 e. The van der Waals surface area contributed by atoms with Crippen molar-refractivity contribution in [2.24, 2.45) is 5.92 Å².